The Hall–Kier alpha value is -2.32. The van der Waals surface area contributed by atoms with Gasteiger partial charge in [-0.3, -0.25) is 4.79 Å². The van der Waals surface area contributed by atoms with Crippen molar-refractivity contribution in [1.82, 2.24) is 14.7 Å². The maximum atomic E-state index is 12.4. The molecule has 1 N–H and O–H groups in total. The van der Waals surface area contributed by atoms with Gasteiger partial charge in [0.05, 0.1) is 13.2 Å². The van der Waals surface area contributed by atoms with E-state index in [0.717, 1.165) is 32.6 Å². The summed E-state index contributed by atoms with van der Waals surface area (Å²) in [5.41, 5.74) is 0.712. The zero-order valence-electron chi connectivity index (χ0n) is 15.9. The Bertz CT molecular complexity index is 631. The molecule has 2 heterocycles. The molecule has 27 heavy (non-hydrogen) atoms. The minimum absolute atomic E-state index is 0.00695. The third-order valence-electron chi connectivity index (χ3n) is 4.84. The van der Waals surface area contributed by atoms with Crippen LogP contribution in [0.1, 0.15) is 6.42 Å². The van der Waals surface area contributed by atoms with Crippen LogP contribution in [-0.4, -0.2) is 92.8 Å². The van der Waals surface area contributed by atoms with E-state index in [1.165, 1.54) is 0 Å². The van der Waals surface area contributed by atoms with Crippen molar-refractivity contribution in [3.63, 3.8) is 0 Å². The van der Waals surface area contributed by atoms with Gasteiger partial charge in [0.2, 0.25) is 0 Å². The monoisotopic (exact) mass is 376 g/mol. The molecule has 148 valence electrons. The lowest BCUT2D eigenvalue weighted by atomic mass is 10.3. The molecule has 2 aliphatic heterocycles. The topological polar surface area (TPSA) is 74.4 Å². The van der Waals surface area contributed by atoms with Gasteiger partial charge in [0.15, 0.2) is 6.61 Å². The molecule has 0 aromatic heterocycles. The maximum Gasteiger partial charge on any atom is 0.321 e. The molecule has 8 heteroatoms. The zero-order chi connectivity index (χ0) is 19.1. The summed E-state index contributed by atoms with van der Waals surface area (Å²) in [6.07, 6.45) is 0.980. The third kappa shape index (κ3) is 5.83. The van der Waals surface area contributed by atoms with Gasteiger partial charge < -0.3 is 29.5 Å². The molecule has 2 saturated heterocycles. The van der Waals surface area contributed by atoms with Crippen LogP contribution in [0.2, 0.25) is 0 Å². The molecule has 2 fully saturated rings. The van der Waals surface area contributed by atoms with Crippen molar-refractivity contribution in [2.45, 2.75) is 6.42 Å². The number of likely N-dealkylation sites (N-methyl/N-ethyl adjacent to an activating group) is 1. The van der Waals surface area contributed by atoms with E-state index in [4.69, 9.17) is 9.47 Å². The number of carbonyl (C=O) groups excluding carboxylic acids is 2. The summed E-state index contributed by atoms with van der Waals surface area (Å²) in [4.78, 5) is 30.3. The van der Waals surface area contributed by atoms with Crippen molar-refractivity contribution in [3.8, 4) is 5.75 Å². The van der Waals surface area contributed by atoms with Crippen LogP contribution in [0.5, 0.6) is 5.75 Å². The van der Waals surface area contributed by atoms with Crippen LogP contribution in [0, 0.1) is 0 Å². The Balaban J connectivity index is 1.45. The zero-order valence-corrected chi connectivity index (χ0v) is 15.9. The minimum atomic E-state index is -0.0820. The summed E-state index contributed by atoms with van der Waals surface area (Å²) in [6, 6.07) is 7.02. The summed E-state index contributed by atoms with van der Waals surface area (Å²) in [5, 5.41) is 2.92. The summed E-state index contributed by atoms with van der Waals surface area (Å²) in [5.74, 6) is 0.563. The Kier molecular flexibility index (Phi) is 6.89. The van der Waals surface area contributed by atoms with Crippen LogP contribution in [0.15, 0.2) is 24.3 Å². The summed E-state index contributed by atoms with van der Waals surface area (Å²) in [7, 11) is 2.07. The van der Waals surface area contributed by atoms with E-state index in [9.17, 15) is 9.59 Å². The molecular formula is C19H28N4O4. The van der Waals surface area contributed by atoms with Gasteiger partial charge in [-0.05, 0) is 44.3 Å². The molecule has 3 amide bonds. The Morgan fingerprint density at radius 2 is 1.74 bits per heavy atom. The fraction of sp³-hybridized carbons (Fsp3) is 0.579. The van der Waals surface area contributed by atoms with Crippen molar-refractivity contribution < 1.29 is 19.1 Å². The van der Waals surface area contributed by atoms with Crippen LogP contribution in [0.25, 0.3) is 0 Å². The van der Waals surface area contributed by atoms with E-state index >= 15 is 0 Å². The Morgan fingerprint density at radius 3 is 2.48 bits per heavy atom. The second-order valence-corrected chi connectivity index (χ2v) is 6.88. The van der Waals surface area contributed by atoms with Crippen LogP contribution in [-0.2, 0) is 9.53 Å². The predicted octanol–water partition coefficient (Wildman–Crippen LogP) is 1.09. The highest BCUT2D eigenvalue weighted by Crippen LogP contribution is 2.17. The SMILES string of the molecule is CN1CCCN(C(=O)Nc2ccc(OCC(=O)N3CCOCC3)cc2)CC1. The van der Waals surface area contributed by atoms with Crippen LogP contribution in [0.3, 0.4) is 0 Å². The van der Waals surface area contributed by atoms with Gasteiger partial charge in [-0.15, -0.1) is 0 Å². The van der Waals surface area contributed by atoms with Gasteiger partial charge in [0, 0.05) is 38.4 Å². The minimum Gasteiger partial charge on any atom is -0.484 e. The lowest BCUT2D eigenvalue weighted by Gasteiger charge is -2.26. The maximum absolute atomic E-state index is 12.4. The highest BCUT2D eigenvalue weighted by Gasteiger charge is 2.18. The first-order chi connectivity index (χ1) is 13.1. The number of hydrogen-bond donors (Lipinski definition) is 1. The molecule has 0 atom stereocenters. The van der Waals surface area contributed by atoms with Crippen molar-refractivity contribution in [2.24, 2.45) is 0 Å². The van der Waals surface area contributed by atoms with Crippen molar-refractivity contribution in [1.29, 1.82) is 0 Å². The number of nitrogens with zero attached hydrogens (tertiary/aromatic N) is 3. The number of amides is 3. The second-order valence-electron chi connectivity index (χ2n) is 6.88. The van der Waals surface area contributed by atoms with Gasteiger partial charge in [-0.2, -0.15) is 0 Å². The standard InChI is InChI=1S/C19H28N4O4/c1-21-7-2-8-23(10-9-21)19(25)20-16-3-5-17(6-4-16)27-15-18(24)22-11-13-26-14-12-22/h3-6H,2,7-15H2,1H3,(H,20,25). The molecule has 0 aliphatic carbocycles. The first-order valence-corrected chi connectivity index (χ1v) is 9.45. The van der Waals surface area contributed by atoms with E-state index < -0.39 is 0 Å². The smallest absolute Gasteiger partial charge is 0.321 e. The molecule has 1 aromatic rings. The predicted molar refractivity (Wildman–Crippen MR) is 102 cm³/mol. The molecule has 8 nitrogen and oxygen atoms in total. The van der Waals surface area contributed by atoms with E-state index in [2.05, 4.69) is 17.3 Å². The number of carbonyl (C=O) groups is 2. The quantitative estimate of drug-likeness (QED) is 0.852. The molecule has 0 radical (unpaired) electrons. The third-order valence-corrected chi connectivity index (χ3v) is 4.84. The largest absolute Gasteiger partial charge is 0.484 e. The van der Waals surface area contributed by atoms with Crippen molar-refractivity contribution >= 4 is 17.6 Å². The summed E-state index contributed by atoms with van der Waals surface area (Å²) < 4.78 is 10.8. The molecule has 2 aliphatic rings. The summed E-state index contributed by atoms with van der Waals surface area (Å²) in [6.45, 7) is 5.78. The number of ether oxygens (including phenoxy) is 2. The normalized spacial score (nSPS) is 18.7. The highest BCUT2D eigenvalue weighted by atomic mass is 16.5. The second kappa shape index (κ2) is 9.57. The average molecular weight is 376 g/mol. The molecule has 0 bridgehead atoms. The molecule has 1 aromatic carbocycles. The summed E-state index contributed by atoms with van der Waals surface area (Å²) >= 11 is 0. The first kappa shape index (κ1) is 19.4. The van der Waals surface area contributed by atoms with Crippen molar-refractivity contribution in [3.05, 3.63) is 24.3 Å². The molecule has 3 rings (SSSR count). The number of benzene rings is 1. The number of hydrogen-bond acceptors (Lipinski definition) is 5. The average Bonchev–Trinajstić information content (AvgIpc) is 2.92. The molecule has 0 unspecified atom stereocenters. The number of anilines is 1. The van der Waals surface area contributed by atoms with Gasteiger partial charge in [-0.1, -0.05) is 0 Å². The number of urea groups is 1. The van der Waals surface area contributed by atoms with Crippen LogP contribution in [0.4, 0.5) is 10.5 Å². The lowest BCUT2D eigenvalue weighted by Crippen LogP contribution is -2.42. The lowest BCUT2D eigenvalue weighted by molar-refractivity contribution is -0.137. The van der Waals surface area contributed by atoms with Gasteiger partial charge in [0.1, 0.15) is 5.75 Å². The molecule has 0 spiro atoms. The number of nitrogens with one attached hydrogen (secondary N) is 1. The van der Waals surface area contributed by atoms with Gasteiger partial charge in [0.25, 0.3) is 5.91 Å². The number of morpholine rings is 1. The number of rotatable bonds is 4. The van der Waals surface area contributed by atoms with Gasteiger partial charge in [-0.25, -0.2) is 4.79 Å². The fourth-order valence-corrected chi connectivity index (χ4v) is 3.14. The van der Waals surface area contributed by atoms with Crippen molar-refractivity contribution in [2.75, 3.05) is 71.5 Å². The highest BCUT2D eigenvalue weighted by molar-refractivity contribution is 5.89. The fourth-order valence-electron chi connectivity index (χ4n) is 3.14. The van der Waals surface area contributed by atoms with E-state index in [-0.39, 0.29) is 18.5 Å². The van der Waals surface area contributed by atoms with Crippen LogP contribution < -0.4 is 10.1 Å². The van der Waals surface area contributed by atoms with Crippen LogP contribution >= 0.6 is 0 Å². The molecular weight excluding hydrogens is 348 g/mol. The van der Waals surface area contributed by atoms with Gasteiger partial charge >= 0.3 is 6.03 Å². The Labute approximate surface area is 160 Å². The Morgan fingerprint density at radius 1 is 1.00 bits per heavy atom. The van der Waals surface area contributed by atoms with E-state index in [0.29, 0.717) is 37.7 Å². The van der Waals surface area contributed by atoms with E-state index in [1.807, 2.05) is 4.90 Å². The first-order valence-electron chi connectivity index (χ1n) is 9.45. The molecule has 0 saturated carbocycles. The van der Waals surface area contributed by atoms with E-state index in [1.54, 1.807) is 29.2 Å².